The Labute approximate surface area is 137 Å². The predicted molar refractivity (Wildman–Crippen MR) is 83.4 cm³/mol. The molecule has 1 amide bonds. The Balaban J connectivity index is 0. The number of methoxy groups -OCH3 is 1. The molecular formula is C16H27NO6. The highest BCUT2D eigenvalue weighted by atomic mass is 16.6. The van der Waals surface area contributed by atoms with E-state index in [4.69, 9.17) is 14.3 Å². The monoisotopic (exact) mass is 329 g/mol. The van der Waals surface area contributed by atoms with Gasteiger partial charge in [0.15, 0.2) is 0 Å². The molecule has 0 aliphatic heterocycles. The molecule has 1 atom stereocenters. The lowest BCUT2D eigenvalue weighted by molar-refractivity contribution is -0.191. The lowest BCUT2D eigenvalue weighted by Crippen LogP contribution is -2.43. The zero-order chi connectivity index (χ0) is 18.5. The van der Waals surface area contributed by atoms with Gasteiger partial charge in [0, 0.05) is 0 Å². The summed E-state index contributed by atoms with van der Waals surface area (Å²) in [6, 6.07) is -0.724. The lowest BCUT2D eigenvalue weighted by atomic mass is 10.1. The Hall–Kier alpha value is -2.14. The van der Waals surface area contributed by atoms with E-state index in [2.05, 4.69) is 23.9 Å². The van der Waals surface area contributed by atoms with Crippen molar-refractivity contribution in [1.29, 1.82) is 0 Å². The van der Waals surface area contributed by atoms with Gasteiger partial charge in [-0.05, 0) is 39.5 Å². The van der Waals surface area contributed by atoms with Crippen LogP contribution in [0.5, 0.6) is 0 Å². The summed E-state index contributed by atoms with van der Waals surface area (Å²) in [7, 11) is 1.30. The molecule has 0 bridgehead atoms. The Morgan fingerprint density at radius 3 is 2.00 bits per heavy atom. The second-order valence-corrected chi connectivity index (χ2v) is 6.14. The SMILES string of the molecule is COC(=O)[C@H](C/C=C\CC(C)C)NC(=O)OC(C)(C)C.O=C=O. The molecule has 0 aromatic carbocycles. The van der Waals surface area contributed by atoms with E-state index in [1.807, 2.05) is 12.2 Å². The molecule has 1 N–H and O–H groups in total. The minimum absolute atomic E-state index is 0.250. The summed E-state index contributed by atoms with van der Waals surface area (Å²) < 4.78 is 9.80. The number of rotatable bonds is 6. The van der Waals surface area contributed by atoms with Gasteiger partial charge in [0.2, 0.25) is 0 Å². The largest absolute Gasteiger partial charge is 0.467 e. The number of carbonyl (C=O) groups excluding carboxylic acids is 4. The van der Waals surface area contributed by atoms with E-state index in [0.29, 0.717) is 12.3 Å². The van der Waals surface area contributed by atoms with Gasteiger partial charge < -0.3 is 14.8 Å². The van der Waals surface area contributed by atoms with Crippen molar-refractivity contribution in [3.63, 3.8) is 0 Å². The molecule has 0 saturated carbocycles. The minimum Gasteiger partial charge on any atom is -0.467 e. The molecule has 7 heteroatoms. The minimum atomic E-state index is -0.724. The van der Waals surface area contributed by atoms with Crippen LogP contribution in [0.25, 0.3) is 0 Å². The first-order chi connectivity index (χ1) is 10.6. The summed E-state index contributed by atoms with van der Waals surface area (Å²) in [4.78, 5) is 39.5. The van der Waals surface area contributed by atoms with Gasteiger partial charge in [-0.1, -0.05) is 26.0 Å². The van der Waals surface area contributed by atoms with E-state index in [1.54, 1.807) is 20.8 Å². The van der Waals surface area contributed by atoms with Crippen molar-refractivity contribution in [2.75, 3.05) is 7.11 Å². The fraction of sp³-hybridized carbons (Fsp3) is 0.688. The van der Waals surface area contributed by atoms with E-state index in [0.717, 1.165) is 6.42 Å². The zero-order valence-electron chi connectivity index (χ0n) is 14.7. The second kappa shape index (κ2) is 12.4. The third kappa shape index (κ3) is 16.1. The van der Waals surface area contributed by atoms with Gasteiger partial charge >= 0.3 is 18.2 Å². The highest BCUT2D eigenvalue weighted by Crippen LogP contribution is 2.08. The van der Waals surface area contributed by atoms with Crippen LogP contribution in [0.2, 0.25) is 0 Å². The number of nitrogens with one attached hydrogen (secondary N) is 1. The predicted octanol–water partition coefficient (Wildman–Crippen LogP) is 2.46. The number of alkyl carbamates (subject to hydrolysis) is 1. The summed E-state index contributed by atoms with van der Waals surface area (Å²) in [6.07, 6.45) is 4.82. The van der Waals surface area contributed by atoms with Crippen molar-refractivity contribution < 1.29 is 28.7 Å². The van der Waals surface area contributed by atoms with Gasteiger partial charge in [-0.25, -0.2) is 9.59 Å². The number of ether oxygens (including phenoxy) is 2. The van der Waals surface area contributed by atoms with E-state index in [-0.39, 0.29) is 6.15 Å². The molecule has 0 rings (SSSR count). The highest BCUT2D eigenvalue weighted by molar-refractivity contribution is 5.81. The average Bonchev–Trinajstić information content (AvgIpc) is 2.39. The Bertz CT molecular complexity index is 417. The molecular weight excluding hydrogens is 302 g/mol. The quantitative estimate of drug-likeness (QED) is 0.593. The molecule has 0 aliphatic carbocycles. The van der Waals surface area contributed by atoms with E-state index in [1.165, 1.54) is 7.11 Å². The van der Waals surface area contributed by atoms with Crippen LogP contribution in [0, 0.1) is 5.92 Å². The van der Waals surface area contributed by atoms with Crippen LogP contribution < -0.4 is 5.32 Å². The summed E-state index contributed by atoms with van der Waals surface area (Å²) in [5.41, 5.74) is -0.599. The highest BCUT2D eigenvalue weighted by Gasteiger charge is 2.23. The normalized spacial score (nSPS) is 12.0. The number of allylic oxidation sites excluding steroid dienone is 1. The van der Waals surface area contributed by atoms with Gasteiger partial charge in [-0.3, -0.25) is 0 Å². The smallest absolute Gasteiger partial charge is 0.408 e. The van der Waals surface area contributed by atoms with Crippen LogP contribution in [0.4, 0.5) is 4.79 Å². The molecule has 0 aromatic heterocycles. The number of hydrogen-bond donors (Lipinski definition) is 1. The molecule has 7 nitrogen and oxygen atoms in total. The maximum atomic E-state index is 11.7. The molecule has 0 aliphatic rings. The summed E-state index contributed by atoms with van der Waals surface area (Å²) in [5, 5.41) is 2.53. The fourth-order valence-corrected chi connectivity index (χ4v) is 1.41. The van der Waals surface area contributed by atoms with Gasteiger partial charge in [0.25, 0.3) is 0 Å². The van der Waals surface area contributed by atoms with Crippen LogP contribution in [0.3, 0.4) is 0 Å². The maximum absolute atomic E-state index is 11.7. The van der Waals surface area contributed by atoms with Crippen LogP contribution >= 0.6 is 0 Å². The first kappa shape index (κ1) is 23.1. The van der Waals surface area contributed by atoms with Crippen LogP contribution in [-0.2, 0) is 23.9 Å². The average molecular weight is 329 g/mol. The third-order valence-corrected chi connectivity index (χ3v) is 2.32. The molecule has 0 saturated heterocycles. The molecule has 0 fully saturated rings. The van der Waals surface area contributed by atoms with Crippen molar-refractivity contribution in [3.8, 4) is 0 Å². The lowest BCUT2D eigenvalue weighted by Gasteiger charge is -2.22. The van der Waals surface area contributed by atoms with Crippen molar-refractivity contribution in [2.24, 2.45) is 5.92 Å². The molecule has 23 heavy (non-hydrogen) atoms. The Kier molecular flexibility index (Phi) is 12.5. The van der Waals surface area contributed by atoms with E-state index >= 15 is 0 Å². The molecule has 0 heterocycles. The number of carbonyl (C=O) groups is 2. The first-order valence-electron chi connectivity index (χ1n) is 7.29. The van der Waals surface area contributed by atoms with Crippen molar-refractivity contribution in [2.45, 2.75) is 59.1 Å². The van der Waals surface area contributed by atoms with Crippen molar-refractivity contribution >= 4 is 18.2 Å². The van der Waals surface area contributed by atoms with E-state index < -0.39 is 23.7 Å². The van der Waals surface area contributed by atoms with Crippen molar-refractivity contribution in [3.05, 3.63) is 12.2 Å². The second-order valence-electron chi connectivity index (χ2n) is 6.14. The van der Waals surface area contributed by atoms with E-state index in [9.17, 15) is 9.59 Å². The Morgan fingerprint density at radius 2 is 1.61 bits per heavy atom. The van der Waals surface area contributed by atoms with Gasteiger partial charge in [0.1, 0.15) is 11.6 Å². The van der Waals surface area contributed by atoms with Gasteiger partial charge in [-0.15, -0.1) is 0 Å². The topological polar surface area (TPSA) is 98.8 Å². The Morgan fingerprint density at radius 1 is 1.13 bits per heavy atom. The van der Waals surface area contributed by atoms with Crippen LogP contribution in [0.1, 0.15) is 47.5 Å². The number of hydrogen-bond acceptors (Lipinski definition) is 6. The fourth-order valence-electron chi connectivity index (χ4n) is 1.41. The molecule has 0 aromatic rings. The molecule has 0 spiro atoms. The van der Waals surface area contributed by atoms with Crippen molar-refractivity contribution in [1.82, 2.24) is 5.32 Å². The van der Waals surface area contributed by atoms with Crippen LogP contribution in [0.15, 0.2) is 12.2 Å². The first-order valence-corrected chi connectivity index (χ1v) is 7.29. The third-order valence-electron chi connectivity index (χ3n) is 2.32. The number of esters is 1. The maximum Gasteiger partial charge on any atom is 0.408 e. The summed E-state index contributed by atoms with van der Waals surface area (Å²) >= 11 is 0. The zero-order valence-corrected chi connectivity index (χ0v) is 14.7. The number of amides is 1. The molecule has 132 valence electrons. The molecule has 0 unspecified atom stereocenters. The van der Waals surface area contributed by atoms with Crippen LogP contribution in [-0.4, -0.2) is 37.0 Å². The summed E-state index contributed by atoms with van der Waals surface area (Å²) in [6.45, 7) is 9.52. The van der Waals surface area contributed by atoms with Gasteiger partial charge in [0.05, 0.1) is 7.11 Å². The summed E-state index contributed by atoms with van der Waals surface area (Å²) in [5.74, 6) is 0.0756. The standard InChI is InChI=1S/C15H27NO4.CO2/c1-11(2)9-7-8-10-12(13(17)19-6)16-14(18)20-15(3,4)5;2-1-3/h7-8,11-12H,9-10H2,1-6H3,(H,16,18);/b8-7-;/t12-;/m0./s1. The molecule has 0 radical (unpaired) electrons. The van der Waals surface area contributed by atoms with Gasteiger partial charge in [-0.2, -0.15) is 9.59 Å².